The molecule has 0 spiro atoms. The SMILES string of the molecule is Cn1ccc(C(=O)C2CCN(C(=O)CCCc3cn4cc(F)cc4c(=O)[nH]3)CC2)n1. The van der Waals surface area contributed by atoms with E-state index in [4.69, 9.17) is 0 Å². The Kier molecular flexibility index (Phi) is 5.52. The average Bonchev–Trinajstić information content (AvgIpc) is 3.33. The third-order valence-corrected chi connectivity index (χ3v) is 5.64. The number of carbonyl (C=O) groups excluding carboxylic acids is 2. The molecule has 0 radical (unpaired) electrons. The lowest BCUT2D eigenvalue weighted by Crippen LogP contribution is -2.40. The van der Waals surface area contributed by atoms with Gasteiger partial charge in [-0.1, -0.05) is 0 Å². The van der Waals surface area contributed by atoms with Gasteiger partial charge in [0.25, 0.3) is 5.56 Å². The number of aromatic amines is 1. The van der Waals surface area contributed by atoms with Gasteiger partial charge in [0, 0.05) is 62.8 Å². The van der Waals surface area contributed by atoms with Crippen molar-refractivity contribution in [1.29, 1.82) is 0 Å². The summed E-state index contributed by atoms with van der Waals surface area (Å²) >= 11 is 0. The van der Waals surface area contributed by atoms with Crippen LogP contribution in [0.25, 0.3) is 5.52 Å². The van der Waals surface area contributed by atoms with Gasteiger partial charge in [-0.3, -0.25) is 19.1 Å². The van der Waals surface area contributed by atoms with Crippen molar-refractivity contribution >= 4 is 17.2 Å². The summed E-state index contributed by atoms with van der Waals surface area (Å²) in [6.07, 6.45) is 7.44. The molecule has 1 aliphatic rings. The number of amides is 1. The molecule has 1 fully saturated rings. The van der Waals surface area contributed by atoms with E-state index in [1.54, 1.807) is 35.1 Å². The number of H-pyrrole nitrogens is 1. The first kappa shape index (κ1) is 20.1. The molecule has 3 aromatic heterocycles. The van der Waals surface area contributed by atoms with Crippen molar-refractivity contribution < 1.29 is 14.0 Å². The van der Waals surface area contributed by atoms with Crippen LogP contribution in [0.4, 0.5) is 4.39 Å². The lowest BCUT2D eigenvalue weighted by Gasteiger charge is -2.31. The Bertz CT molecular complexity index is 1140. The van der Waals surface area contributed by atoms with Crippen molar-refractivity contribution in [2.24, 2.45) is 13.0 Å². The molecule has 0 atom stereocenters. The smallest absolute Gasteiger partial charge is 0.272 e. The predicted octanol–water partition coefficient (Wildman–Crippen LogP) is 1.94. The number of halogens is 1. The number of Topliss-reactive ketones (excluding diaryl/α,β-unsaturated/α-hetero) is 1. The third-order valence-electron chi connectivity index (χ3n) is 5.64. The van der Waals surface area contributed by atoms with E-state index in [1.165, 1.54) is 16.7 Å². The van der Waals surface area contributed by atoms with E-state index in [2.05, 4.69) is 10.1 Å². The van der Waals surface area contributed by atoms with Crippen molar-refractivity contribution in [3.8, 4) is 0 Å². The number of nitrogens with one attached hydrogen (secondary N) is 1. The van der Waals surface area contributed by atoms with Crippen LogP contribution in [0.2, 0.25) is 0 Å². The molecule has 30 heavy (non-hydrogen) atoms. The van der Waals surface area contributed by atoms with Crippen LogP contribution in [-0.2, 0) is 18.3 Å². The highest BCUT2D eigenvalue weighted by molar-refractivity contribution is 5.96. The average molecular weight is 413 g/mol. The second-order valence-electron chi connectivity index (χ2n) is 7.81. The lowest BCUT2D eigenvalue weighted by molar-refractivity contribution is -0.132. The number of piperidine rings is 1. The van der Waals surface area contributed by atoms with E-state index < -0.39 is 5.82 Å². The summed E-state index contributed by atoms with van der Waals surface area (Å²) in [5, 5.41) is 4.17. The van der Waals surface area contributed by atoms with Gasteiger partial charge in [-0.05, 0) is 31.7 Å². The minimum Gasteiger partial charge on any atom is -0.343 e. The lowest BCUT2D eigenvalue weighted by atomic mass is 9.91. The molecule has 0 bridgehead atoms. The first-order valence-electron chi connectivity index (χ1n) is 10.1. The molecule has 158 valence electrons. The van der Waals surface area contributed by atoms with Crippen LogP contribution < -0.4 is 5.56 Å². The topological polar surface area (TPSA) is 92.5 Å². The van der Waals surface area contributed by atoms with E-state index in [1.807, 2.05) is 0 Å². The molecular weight excluding hydrogens is 389 g/mol. The summed E-state index contributed by atoms with van der Waals surface area (Å²) < 4.78 is 16.4. The zero-order chi connectivity index (χ0) is 21.3. The number of fused-ring (bicyclic) bond motifs is 1. The molecule has 1 amide bonds. The zero-order valence-corrected chi connectivity index (χ0v) is 16.8. The predicted molar refractivity (Wildman–Crippen MR) is 108 cm³/mol. The Hall–Kier alpha value is -3.23. The van der Waals surface area contributed by atoms with Gasteiger partial charge in [-0.15, -0.1) is 0 Å². The van der Waals surface area contributed by atoms with Gasteiger partial charge in [0.05, 0.1) is 0 Å². The fourth-order valence-electron chi connectivity index (χ4n) is 4.01. The number of likely N-dealkylation sites (tertiary alicyclic amines) is 1. The molecule has 9 heteroatoms. The van der Waals surface area contributed by atoms with Crippen LogP contribution in [0.1, 0.15) is 41.9 Å². The molecule has 4 heterocycles. The number of carbonyl (C=O) groups is 2. The van der Waals surface area contributed by atoms with Gasteiger partial charge in [0.1, 0.15) is 17.0 Å². The standard InChI is InChI=1S/C21H24FN5O3/c1-25-8-7-17(24-25)20(29)14-5-9-26(10-6-14)19(28)4-2-3-16-13-27-12-15(22)11-18(27)21(30)23-16/h7-8,11-14H,2-6,9-10H2,1H3,(H,23,30). The van der Waals surface area contributed by atoms with Crippen molar-refractivity contribution in [2.75, 3.05) is 13.1 Å². The van der Waals surface area contributed by atoms with Gasteiger partial charge >= 0.3 is 0 Å². The fourth-order valence-corrected chi connectivity index (χ4v) is 4.01. The van der Waals surface area contributed by atoms with Gasteiger partial charge in [-0.25, -0.2) is 4.39 Å². The summed E-state index contributed by atoms with van der Waals surface area (Å²) in [4.78, 5) is 41.6. The van der Waals surface area contributed by atoms with Crippen LogP contribution in [-0.4, -0.2) is 48.8 Å². The summed E-state index contributed by atoms with van der Waals surface area (Å²) in [6, 6.07) is 2.91. The Morgan fingerprint density at radius 3 is 2.73 bits per heavy atom. The normalized spacial score (nSPS) is 15.1. The van der Waals surface area contributed by atoms with Crippen molar-refractivity contribution in [3.63, 3.8) is 0 Å². The van der Waals surface area contributed by atoms with E-state index in [0.717, 1.165) is 0 Å². The molecule has 4 rings (SSSR count). The first-order valence-corrected chi connectivity index (χ1v) is 10.1. The van der Waals surface area contributed by atoms with Gasteiger partial charge < -0.3 is 14.3 Å². The van der Waals surface area contributed by atoms with Crippen LogP contribution >= 0.6 is 0 Å². The van der Waals surface area contributed by atoms with Gasteiger partial charge in [0.2, 0.25) is 5.91 Å². The monoisotopic (exact) mass is 413 g/mol. The van der Waals surface area contributed by atoms with Gasteiger partial charge in [0.15, 0.2) is 5.78 Å². The van der Waals surface area contributed by atoms with Crippen molar-refractivity contribution in [2.45, 2.75) is 32.1 Å². The highest BCUT2D eigenvalue weighted by Gasteiger charge is 2.28. The molecule has 0 aliphatic carbocycles. The first-order chi connectivity index (χ1) is 14.4. The van der Waals surface area contributed by atoms with E-state index in [9.17, 15) is 18.8 Å². The number of aryl methyl sites for hydroxylation is 2. The molecule has 1 N–H and O–H groups in total. The number of rotatable bonds is 6. The van der Waals surface area contributed by atoms with E-state index in [0.29, 0.717) is 56.6 Å². The minimum atomic E-state index is -0.460. The zero-order valence-electron chi connectivity index (χ0n) is 16.8. The third kappa shape index (κ3) is 4.19. The molecule has 3 aromatic rings. The Morgan fingerprint density at radius 2 is 2.03 bits per heavy atom. The van der Waals surface area contributed by atoms with Crippen molar-refractivity contribution in [3.05, 3.63) is 58.3 Å². The number of hydrogen-bond acceptors (Lipinski definition) is 4. The quantitative estimate of drug-likeness (QED) is 0.625. The fraction of sp³-hybridized carbons (Fsp3) is 0.429. The highest BCUT2D eigenvalue weighted by Crippen LogP contribution is 2.22. The van der Waals surface area contributed by atoms with Crippen LogP contribution in [0.15, 0.2) is 35.5 Å². The molecular formula is C21H24FN5O3. The second kappa shape index (κ2) is 8.25. The number of hydrogen-bond donors (Lipinski definition) is 1. The Labute approximate surface area is 172 Å². The molecule has 8 nitrogen and oxygen atoms in total. The van der Waals surface area contributed by atoms with E-state index >= 15 is 0 Å². The van der Waals surface area contributed by atoms with Gasteiger partial charge in [-0.2, -0.15) is 5.10 Å². The van der Waals surface area contributed by atoms with Crippen LogP contribution in [0.5, 0.6) is 0 Å². The number of nitrogens with zero attached hydrogens (tertiary/aromatic N) is 4. The van der Waals surface area contributed by atoms with Crippen LogP contribution in [0.3, 0.4) is 0 Å². The van der Waals surface area contributed by atoms with Crippen molar-refractivity contribution in [1.82, 2.24) is 24.1 Å². The maximum Gasteiger partial charge on any atom is 0.272 e. The largest absolute Gasteiger partial charge is 0.343 e. The molecule has 1 aliphatic heterocycles. The van der Waals surface area contributed by atoms with Crippen LogP contribution in [0, 0.1) is 11.7 Å². The highest BCUT2D eigenvalue weighted by atomic mass is 19.1. The summed E-state index contributed by atoms with van der Waals surface area (Å²) in [5.74, 6) is -0.460. The summed E-state index contributed by atoms with van der Waals surface area (Å²) in [6.45, 7) is 1.13. The molecule has 0 saturated carbocycles. The Morgan fingerprint density at radius 1 is 1.27 bits per heavy atom. The van der Waals surface area contributed by atoms with E-state index in [-0.39, 0.29) is 28.7 Å². The molecule has 1 saturated heterocycles. The number of ketones is 1. The molecule has 0 aromatic carbocycles. The maximum absolute atomic E-state index is 13.3. The minimum absolute atomic E-state index is 0.0449. The maximum atomic E-state index is 13.3. The summed E-state index contributed by atoms with van der Waals surface area (Å²) in [5.41, 5.74) is 1.06. The molecule has 0 unspecified atom stereocenters. The Balaban J connectivity index is 1.26. The summed E-state index contributed by atoms with van der Waals surface area (Å²) in [7, 11) is 1.78. The second-order valence-corrected chi connectivity index (χ2v) is 7.81. The number of aromatic nitrogens is 4.